The number of hydrogen-bond donors (Lipinski definition) is 2. The van der Waals surface area contributed by atoms with Gasteiger partial charge in [-0.15, -0.1) is 0 Å². The van der Waals surface area contributed by atoms with Gasteiger partial charge < -0.3 is 19.6 Å². The minimum atomic E-state index is -1.18. The van der Waals surface area contributed by atoms with Crippen molar-refractivity contribution >= 4 is 22.5 Å². The Morgan fingerprint density at radius 3 is 2.74 bits per heavy atom. The van der Waals surface area contributed by atoms with E-state index in [9.17, 15) is 9.90 Å². The zero-order chi connectivity index (χ0) is 23.9. The number of nitrogens with one attached hydrogen (secondary N) is 1. The van der Waals surface area contributed by atoms with Crippen molar-refractivity contribution in [1.82, 2.24) is 14.8 Å². The number of ether oxygens (including phenoxy) is 1. The first-order valence-electron chi connectivity index (χ1n) is 11.5. The van der Waals surface area contributed by atoms with Gasteiger partial charge in [-0.05, 0) is 57.9 Å². The van der Waals surface area contributed by atoms with Crippen LogP contribution >= 0.6 is 0 Å². The standard InChI is InChI=1S/C26H28N4O4/c1-16-5-4-6-17(11-16)25-28-23(15-34-25)24(31)27-22-12-18-14-30(19-7-9-33-10-8-19)29-21(18)13-20(22)26(2,3)32/h4-6,11-15,19,32H,7-10H2,1-3H3,(H,27,31). The van der Waals surface area contributed by atoms with Gasteiger partial charge in [0.2, 0.25) is 5.89 Å². The van der Waals surface area contributed by atoms with E-state index in [-0.39, 0.29) is 11.7 Å². The van der Waals surface area contributed by atoms with Crippen LogP contribution in [-0.4, -0.2) is 39.0 Å². The molecule has 4 aromatic rings. The Morgan fingerprint density at radius 1 is 1.21 bits per heavy atom. The highest BCUT2D eigenvalue weighted by molar-refractivity contribution is 6.04. The van der Waals surface area contributed by atoms with Crippen molar-refractivity contribution in [3.8, 4) is 11.5 Å². The molecule has 0 spiro atoms. The molecule has 1 aliphatic heterocycles. The van der Waals surface area contributed by atoms with E-state index in [1.54, 1.807) is 13.8 Å². The zero-order valence-electron chi connectivity index (χ0n) is 19.5. The fourth-order valence-electron chi connectivity index (χ4n) is 4.31. The molecule has 0 bridgehead atoms. The first-order valence-corrected chi connectivity index (χ1v) is 11.5. The van der Waals surface area contributed by atoms with Crippen molar-refractivity contribution in [1.29, 1.82) is 0 Å². The number of nitrogens with zero attached hydrogens (tertiary/aromatic N) is 3. The maximum absolute atomic E-state index is 13.0. The number of benzene rings is 2. The summed E-state index contributed by atoms with van der Waals surface area (Å²) < 4.78 is 13.0. The van der Waals surface area contributed by atoms with Crippen LogP contribution in [0.1, 0.15) is 54.3 Å². The second kappa shape index (κ2) is 8.70. The first-order chi connectivity index (χ1) is 16.3. The summed E-state index contributed by atoms with van der Waals surface area (Å²) in [5.74, 6) is -0.0333. The molecule has 2 aromatic heterocycles. The number of carbonyl (C=O) groups is 1. The van der Waals surface area contributed by atoms with Gasteiger partial charge in [0.1, 0.15) is 6.26 Å². The summed E-state index contributed by atoms with van der Waals surface area (Å²) in [5, 5.41) is 19.4. The molecule has 0 atom stereocenters. The molecule has 8 nitrogen and oxygen atoms in total. The summed E-state index contributed by atoms with van der Waals surface area (Å²) >= 11 is 0. The fraction of sp³-hybridized carbons (Fsp3) is 0.346. The lowest BCUT2D eigenvalue weighted by Gasteiger charge is -2.22. The van der Waals surface area contributed by atoms with E-state index in [4.69, 9.17) is 14.3 Å². The molecular weight excluding hydrogens is 432 g/mol. The fourth-order valence-corrected chi connectivity index (χ4v) is 4.31. The van der Waals surface area contributed by atoms with Crippen LogP contribution < -0.4 is 5.32 Å². The lowest BCUT2D eigenvalue weighted by molar-refractivity contribution is 0.0664. The Kier molecular flexibility index (Phi) is 5.71. The summed E-state index contributed by atoms with van der Waals surface area (Å²) in [6, 6.07) is 11.7. The van der Waals surface area contributed by atoms with Gasteiger partial charge in [0.25, 0.3) is 5.91 Å². The topological polar surface area (TPSA) is 102 Å². The second-order valence-corrected chi connectivity index (χ2v) is 9.33. The number of amides is 1. The van der Waals surface area contributed by atoms with Crippen LogP contribution in [0.25, 0.3) is 22.4 Å². The van der Waals surface area contributed by atoms with E-state index >= 15 is 0 Å². The first kappa shape index (κ1) is 22.3. The van der Waals surface area contributed by atoms with Gasteiger partial charge >= 0.3 is 0 Å². The Bertz CT molecular complexity index is 1340. The molecule has 1 saturated heterocycles. The molecule has 3 heterocycles. The molecule has 0 radical (unpaired) electrons. The van der Waals surface area contributed by atoms with Gasteiger partial charge in [0.15, 0.2) is 5.69 Å². The third-order valence-electron chi connectivity index (χ3n) is 6.14. The average molecular weight is 461 g/mol. The molecule has 0 unspecified atom stereocenters. The van der Waals surface area contributed by atoms with Crippen LogP contribution in [-0.2, 0) is 10.3 Å². The Balaban J connectivity index is 1.45. The highest BCUT2D eigenvalue weighted by Crippen LogP contribution is 2.33. The molecule has 34 heavy (non-hydrogen) atoms. The molecule has 2 aromatic carbocycles. The maximum atomic E-state index is 13.0. The van der Waals surface area contributed by atoms with Crippen molar-refractivity contribution in [2.75, 3.05) is 18.5 Å². The van der Waals surface area contributed by atoms with Crippen molar-refractivity contribution < 1.29 is 19.1 Å². The molecule has 1 aliphatic rings. The second-order valence-electron chi connectivity index (χ2n) is 9.33. The zero-order valence-corrected chi connectivity index (χ0v) is 19.5. The van der Waals surface area contributed by atoms with Gasteiger partial charge in [-0.25, -0.2) is 4.98 Å². The minimum Gasteiger partial charge on any atom is -0.444 e. The Morgan fingerprint density at radius 2 is 2.00 bits per heavy atom. The summed E-state index contributed by atoms with van der Waals surface area (Å²) in [6.07, 6.45) is 5.15. The van der Waals surface area contributed by atoms with E-state index < -0.39 is 11.5 Å². The van der Waals surface area contributed by atoms with Crippen molar-refractivity contribution in [3.63, 3.8) is 0 Å². The highest BCUT2D eigenvalue weighted by atomic mass is 16.5. The number of carbonyl (C=O) groups excluding carboxylic acids is 1. The summed E-state index contributed by atoms with van der Waals surface area (Å²) in [6.45, 7) is 6.80. The third-order valence-corrected chi connectivity index (χ3v) is 6.14. The van der Waals surface area contributed by atoms with Gasteiger partial charge in [0.05, 0.1) is 17.2 Å². The number of rotatable bonds is 5. The Hall–Kier alpha value is -3.49. The highest BCUT2D eigenvalue weighted by Gasteiger charge is 2.25. The van der Waals surface area contributed by atoms with Gasteiger partial charge in [-0.2, -0.15) is 5.10 Å². The molecule has 5 rings (SSSR count). The number of oxazole rings is 1. The largest absolute Gasteiger partial charge is 0.444 e. The average Bonchev–Trinajstić information content (AvgIpc) is 3.46. The molecule has 176 valence electrons. The molecule has 1 fully saturated rings. The summed E-state index contributed by atoms with van der Waals surface area (Å²) in [4.78, 5) is 17.4. The van der Waals surface area contributed by atoms with Crippen LogP contribution in [0.5, 0.6) is 0 Å². The SMILES string of the molecule is Cc1cccc(-c2nc(C(=O)Nc3cc4cn(C5CCOCC5)nc4cc3C(C)(C)O)co2)c1. The quantitative estimate of drug-likeness (QED) is 0.442. The number of aryl methyl sites for hydroxylation is 1. The number of aromatic nitrogens is 3. The molecule has 0 aliphatic carbocycles. The Labute approximate surface area is 197 Å². The molecule has 0 saturated carbocycles. The van der Waals surface area contributed by atoms with Crippen molar-refractivity contribution in [2.24, 2.45) is 0 Å². The smallest absolute Gasteiger partial charge is 0.277 e. The number of aliphatic hydroxyl groups is 1. The van der Waals surface area contributed by atoms with Gasteiger partial charge in [0, 0.05) is 41.6 Å². The van der Waals surface area contributed by atoms with E-state index in [0.717, 1.165) is 48.1 Å². The predicted molar refractivity (Wildman–Crippen MR) is 129 cm³/mol. The van der Waals surface area contributed by atoms with E-state index in [1.807, 2.05) is 54.2 Å². The summed E-state index contributed by atoms with van der Waals surface area (Å²) in [5.41, 5.74) is 2.71. The minimum absolute atomic E-state index is 0.163. The predicted octanol–water partition coefficient (Wildman–Crippen LogP) is 4.83. The van der Waals surface area contributed by atoms with Gasteiger partial charge in [-0.1, -0.05) is 17.7 Å². The van der Waals surface area contributed by atoms with Crippen molar-refractivity contribution in [2.45, 2.75) is 45.3 Å². The van der Waals surface area contributed by atoms with Crippen LogP contribution in [0.3, 0.4) is 0 Å². The lowest BCUT2D eigenvalue weighted by atomic mass is 9.95. The maximum Gasteiger partial charge on any atom is 0.277 e. The lowest BCUT2D eigenvalue weighted by Crippen LogP contribution is -2.21. The van der Waals surface area contributed by atoms with E-state index in [1.165, 1.54) is 6.26 Å². The van der Waals surface area contributed by atoms with Gasteiger partial charge in [-0.3, -0.25) is 9.48 Å². The molecular formula is C26H28N4O4. The normalized spacial score (nSPS) is 15.1. The molecule has 2 N–H and O–H groups in total. The third kappa shape index (κ3) is 4.47. The van der Waals surface area contributed by atoms with Crippen LogP contribution in [0.2, 0.25) is 0 Å². The monoisotopic (exact) mass is 460 g/mol. The van der Waals surface area contributed by atoms with E-state index in [2.05, 4.69) is 10.3 Å². The van der Waals surface area contributed by atoms with Crippen LogP contribution in [0.4, 0.5) is 5.69 Å². The molecule has 8 heteroatoms. The van der Waals surface area contributed by atoms with E-state index in [0.29, 0.717) is 17.1 Å². The number of fused-ring (bicyclic) bond motifs is 1. The van der Waals surface area contributed by atoms with Crippen LogP contribution in [0.15, 0.2) is 53.3 Å². The number of anilines is 1. The van der Waals surface area contributed by atoms with Crippen LogP contribution in [0, 0.1) is 6.92 Å². The number of hydrogen-bond acceptors (Lipinski definition) is 6. The van der Waals surface area contributed by atoms with Crippen molar-refractivity contribution in [3.05, 3.63) is 65.7 Å². The molecule has 1 amide bonds. The summed E-state index contributed by atoms with van der Waals surface area (Å²) in [7, 11) is 0.